The van der Waals surface area contributed by atoms with Gasteiger partial charge in [0.15, 0.2) is 8.07 Å². The molecule has 0 amide bonds. The van der Waals surface area contributed by atoms with Gasteiger partial charge in [-0.25, -0.2) is 9.97 Å². The van der Waals surface area contributed by atoms with Gasteiger partial charge in [0.2, 0.25) is 5.95 Å². The van der Waals surface area contributed by atoms with E-state index >= 15 is 0 Å². The van der Waals surface area contributed by atoms with Crippen molar-refractivity contribution in [3.05, 3.63) is 181 Å². The first-order chi connectivity index (χ1) is 22.2. The number of aryl methyl sites for hydroxylation is 1. The van der Waals surface area contributed by atoms with E-state index in [1.165, 1.54) is 43.3 Å². The van der Waals surface area contributed by atoms with E-state index in [0.29, 0.717) is 11.9 Å². The lowest BCUT2D eigenvalue weighted by atomic mass is 9.92. The molecule has 45 heavy (non-hydrogen) atoms. The third kappa shape index (κ3) is 4.49. The maximum absolute atomic E-state index is 5.24. The number of aromatic nitrogens is 2. The molecule has 2 aliphatic rings. The van der Waals surface area contributed by atoms with Crippen LogP contribution in [0.4, 0.5) is 11.6 Å². The fraction of sp³-hybridized carbons (Fsp3) is 0.0732. The van der Waals surface area contributed by atoms with Crippen LogP contribution in [0.5, 0.6) is 0 Å². The fourth-order valence-corrected chi connectivity index (χ4v) is 12.4. The van der Waals surface area contributed by atoms with Crippen molar-refractivity contribution >= 4 is 40.5 Å². The summed E-state index contributed by atoms with van der Waals surface area (Å²) < 4.78 is 0. The minimum atomic E-state index is -2.69. The van der Waals surface area contributed by atoms with Gasteiger partial charge in [0.1, 0.15) is 0 Å². The van der Waals surface area contributed by atoms with Crippen molar-refractivity contribution in [2.24, 2.45) is 0 Å². The predicted molar refractivity (Wildman–Crippen MR) is 189 cm³/mol. The first-order valence-corrected chi connectivity index (χ1v) is 17.6. The molecule has 0 fully saturated rings. The monoisotopic (exact) mass is 595 g/mol. The second-order valence-corrected chi connectivity index (χ2v) is 15.6. The lowest BCUT2D eigenvalue weighted by Crippen LogP contribution is -2.75. The number of para-hydroxylation sites is 1. The first kappa shape index (κ1) is 27.2. The molecule has 0 saturated carbocycles. The number of hydrogen-bond donors (Lipinski definition) is 0. The smallest absolute Gasteiger partial charge is 0.234 e. The zero-order valence-electron chi connectivity index (χ0n) is 25.2. The minimum Gasteiger partial charge on any atom is -0.282 e. The number of fused-ring (bicyclic) bond motifs is 3. The number of rotatable bonds is 6. The molecule has 0 spiro atoms. The van der Waals surface area contributed by atoms with E-state index in [4.69, 9.17) is 9.97 Å². The normalized spacial score (nSPS) is 15.4. The molecule has 6 aromatic rings. The third-order valence-corrected chi connectivity index (χ3v) is 14.3. The summed E-state index contributed by atoms with van der Waals surface area (Å²) >= 11 is 0. The number of benzene rings is 5. The van der Waals surface area contributed by atoms with E-state index in [0.717, 1.165) is 17.7 Å². The molecule has 0 radical (unpaired) electrons. The molecule has 3 nitrogen and oxygen atoms in total. The standard InChI is InChI=1S/C41H33N3Si/c1-30-15-8-13-26-40(30)45(32-17-4-2-5-18-32,33-19-6-3-7-20-33)34-21-14-16-31(29-34)37-27-28-42-41(43-37)44-38-24-11-9-22-35(38)36-23-10-12-25-39(36)44/h2-22,24-29,36H,23H2,1H3. The molecule has 1 unspecified atom stereocenters. The van der Waals surface area contributed by atoms with Crippen molar-refractivity contribution in [1.29, 1.82) is 0 Å². The van der Waals surface area contributed by atoms with Gasteiger partial charge in [-0.05, 0) is 57.9 Å². The van der Waals surface area contributed by atoms with Crippen LogP contribution < -0.4 is 25.6 Å². The summed E-state index contributed by atoms with van der Waals surface area (Å²) in [6, 6.07) is 50.9. The summed E-state index contributed by atoms with van der Waals surface area (Å²) in [5.74, 6) is 1.04. The molecule has 5 aromatic carbocycles. The molecule has 216 valence electrons. The van der Waals surface area contributed by atoms with E-state index in [9.17, 15) is 0 Å². The van der Waals surface area contributed by atoms with Crippen LogP contribution >= 0.6 is 0 Å². The molecule has 1 atom stereocenters. The summed E-state index contributed by atoms with van der Waals surface area (Å²) in [6.45, 7) is 2.25. The summed E-state index contributed by atoms with van der Waals surface area (Å²) in [5.41, 5.74) is 7.07. The van der Waals surface area contributed by atoms with Gasteiger partial charge in [0, 0.05) is 23.4 Å². The van der Waals surface area contributed by atoms with Gasteiger partial charge >= 0.3 is 0 Å². The van der Waals surface area contributed by atoms with E-state index in [1.807, 2.05) is 12.3 Å². The molecule has 4 heteroatoms. The second kappa shape index (κ2) is 11.3. The van der Waals surface area contributed by atoms with Gasteiger partial charge in [-0.1, -0.05) is 145 Å². The largest absolute Gasteiger partial charge is 0.282 e. The van der Waals surface area contributed by atoms with Crippen molar-refractivity contribution in [2.45, 2.75) is 19.3 Å². The highest BCUT2D eigenvalue weighted by Gasteiger charge is 2.42. The molecule has 0 bridgehead atoms. The van der Waals surface area contributed by atoms with Crippen LogP contribution in [0.3, 0.4) is 0 Å². The van der Waals surface area contributed by atoms with Crippen LogP contribution in [0.15, 0.2) is 170 Å². The number of allylic oxidation sites excluding steroid dienone is 4. The first-order valence-electron chi connectivity index (χ1n) is 15.6. The van der Waals surface area contributed by atoms with Crippen LogP contribution in [0.2, 0.25) is 0 Å². The van der Waals surface area contributed by atoms with E-state index in [2.05, 4.69) is 164 Å². The van der Waals surface area contributed by atoms with E-state index in [1.54, 1.807) is 0 Å². The molecular weight excluding hydrogens is 563 g/mol. The number of hydrogen-bond acceptors (Lipinski definition) is 3. The Kier molecular flexibility index (Phi) is 6.85. The minimum absolute atomic E-state index is 0.333. The second-order valence-electron chi connectivity index (χ2n) is 11.8. The average Bonchev–Trinajstić information content (AvgIpc) is 3.45. The lowest BCUT2D eigenvalue weighted by molar-refractivity contribution is 0.813. The highest BCUT2D eigenvalue weighted by atomic mass is 28.3. The summed E-state index contributed by atoms with van der Waals surface area (Å²) in [5, 5.41) is 5.46. The van der Waals surface area contributed by atoms with Gasteiger partial charge in [0.25, 0.3) is 0 Å². The fourth-order valence-electron chi connectivity index (χ4n) is 7.35. The van der Waals surface area contributed by atoms with Gasteiger partial charge in [-0.3, -0.25) is 4.90 Å². The van der Waals surface area contributed by atoms with Crippen molar-refractivity contribution in [2.75, 3.05) is 4.90 Å². The van der Waals surface area contributed by atoms with Crippen LogP contribution in [-0.4, -0.2) is 18.0 Å². The molecule has 1 aliphatic carbocycles. The Bertz CT molecular complexity index is 2030. The molecule has 1 aliphatic heterocycles. The highest BCUT2D eigenvalue weighted by Crippen LogP contribution is 2.49. The predicted octanol–water partition coefficient (Wildman–Crippen LogP) is 6.91. The Labute approximate surface area is 265 Å². The van der Waals surface area contributed by atoms with Crippen LogP contribution in [0.25, 0.3) is 11.3 Å². The Morgan fingerprint density at radius 1 is 0.689 bits per heavy atom. The Hall–Kier alpha value is -5.32. The molecule has 0 N–H and O–H groups in total. The SMILES string of the molecule is Cc1ccccc1[Si](c1ccccc1)(c1ccccc1)c1cccc(-c2ccnc(N3C4=CC=CCC4c4ccccc43)n2)c1. The van der Waals surface area contributed by atoms with E-state index < -0.39 is 8.07 Å². The van der Waals surface area contributed by atoms with Crippen LogP contribution in [0, 0.1) is 6.92 Å². The van der Waals surface area contributed by atoms with Gasteiger partial charge in [-0.15, -0.1) is 0 Å². The topological polar surface area (TPSA) is 29.0 Å². The molecule has 8 rings (SSSR count). The lowest BCUT2D eigenvalue weighted by Gasteiger charge is -2.35. The summed E-state index contributed by atoms with van der Waals surface area (Å²) in [7, 11) is -2.69. The molecule has 1 aromatic heterocycles. The summed E-state index contributed by atoms with van der Waals surface area (Å²) in [4.78, 5) is 12.3. The molecule has 2 heterocycles. The van der Waals surface area contributed by atoms with Crippen LogP contribution in [-0.2, 0) is 0 Å². The maximum Gasteiger partial charge on any atom is 0.234 e. The van der Waals surface area contributed by atoms with Gasteiger partial charge in [-0.2, -0.15) is 0 Å². The average molecular weight is 596 g/mol. The quantitative estimate of drug-likeness (QED) is 0.155. The van der Waals surface area contributed by atoms with Crippen LogP contribution in [0.1, 0.15) is 23.5 Å². The van der Waals surface area contributed by atoms with Crippen molar-refractivity contribution < 1.29 is 0 Å². The van der Waals surface area contributed by atoms with Crippen molar-refractivity contribution in [3.63, 3.8) is 0 Å². The Morgan fingerprint density at radius 3 is 2.16 bits per heavy atom. The Balaban J connectivity index is 1.31. The van der Waals surface area contributed by atoms with Gasteiger partial charge < -0.3 is 0 Å². The third-order valence-electron chi connectivity index (χ3n) is 9.34. The van der Waals surface area contributed by atoms with E-state index in [-0.39, 0.29) is 0 Å². The van der Waals surface area contributed by atoms with Gasteiger partial charge in [0.05, 0.1) is 11.4 Å². The highest BCUT2D eigenvalue weighted by molar-refractivity contribution is 7.20. The zero-order chi connectivity index (χ0) is 30.2. The zero-order valence-corrected chi connectivity index (χ0v) is 26.2. The number of nitrogens with zero attached hydrogens (tertiary/aromatic N) is 3. The van der Waals surface area contributed by atoms with Crippen molar-refractivity contribution in [1.82, 2.24) is 9.97 Å². The van der Waals surface area contributed by atoms with Crippen molar-refractivity contribution in [3.8, 4) is 11.3 Å². The molecule has 0 saturated heterocycles. The Morgan fingerprint density at radius 2 is 1.38 bits per heavy atom. The summed E-state index contributed by atoms with van der Waals surface area (Å²) in [6.07, 6.45) is 9.51. The maximum atomic E-state index is 5.24. The number of anilines is 2. The molecular formula is C41H33N3Si.